The van der Waals surface area contributed by atoms with Crippen LogP contribution in [0.15, 0.2) is 48.7 Å². The number of rotatable bonds is 7. The molecule has 0 radical (unpaired) electrons. The maximum Gasteiger partial charge on any atom is 0.271 e. The monoisotopic (exact) mass is 542 g/mol. The molecule has 0 atom stereocenters. The highest BCUT2D eigenvalue weighted by Crippen LogP contribution is 2.53. The standard InChI is InChI=1S/C28H29Cl3N4O/c29-20-1-4-22(5-2-20)35-15-25(34-27(35)23-6-3-21(30)14-24(23)31)28(36)33-8-7-32-26-18-10-16-9-17(12-18)13-19(26)11-16/h1-6,14-19,26,32H,7-13H2,(H,33,36). The van der Waals surface area contributed by atoms with Gasteiger partial charge in [-0.3, -0.25) is 9.36 Å². The van der Waals surface area contributed by atoms with E-state index in [4.69, 9.17) is 34.8 Å². The van der Waals surface area contributed by atoms with Crippen molar-refractivity contribution < 1.29 is 4.79 Å². The van der Waals surface area contributed by atoms with Crippen molar-refractivity contribution in [2.45, 2.75) is 38.1 Å². The molecule has 0 unspecified atom stereocenters. The van der Waals surface area contributed by atoms with Gasteiger partial charge in [-0.25, -0.2) is 4.98 Å². The van der Waals surface area contributed by atoms with Gasteiger partial charge in [-0.15, -0.1) is 0 Å². The summed E-state index contributed by atoms with van der Waals surface area (Å²) in [6, 6.07) is 13.2. The molecule has 4 saturated carbocycles. The zero-order valence-corrected chi connectivity index (χ0v) is 22.2. The van der Waals surface area contributed by atoms with Gasteiger partial charge in [0.15, 0.2) is 0 Å². The lowest BCUT2D eigenvalue weighted by Crippen LogP contribution is -2.55. The van der Waals surface area contributed by atoms with Gasteiger partial charge >= 0.3 is 0 Å². The van der Waals surface area contributed by atoms with Gasteiger partial charge in [-0.05, 0) is 98.2 Å². The summed E-state index contributed by atoms with van der Waals surface area (Å²) in [5.41, 5.74) is 1.86. The van der Waals surface area contributed by atoms with Gasteiger partial charge in [0, 0.05) is 46.6 Å². The van der Waals surface area contributed by atoms with Crippen LogP contribution in [-0.2, 0) is 0 Å². The molecule has 1 amide bonds. The molecule has 2 aromatic carbocycles. The number of carbonyl (C=O) groups excluding carboxylic acids is 1. The third-order valence-corrected chi connectivity index (χ3v) is 9.03. The van der Waals surface area contributed by atoms with E-state index in [9.17, 15) is 4.79 Å². The van der Waals surface area contributed by atoms with Crippen LogP contribution in [0.25, 0.3) is 17.1 Å². The van der Waals surface area contributed by atoms with Crippen molar-refractivity contribution in [2.24, 2.45) is 23.7 Å². The largest absolute Gasteiger partial charge is 0.349 e. The van der Waals surface area contributed by atoms with E-state index >= 15 is 0 Å². The molecule has 5 nitrogen and oxygen atoms in total. The molecule has 8 heteroatoms. The first-order valence-corrected chi connectivity index (χ1v) is 13.9. The molecule has 3 aromatic rings. The fraction of sp³-hybridized carbons (Fsp3) is 0.429. The molecule has 4 bridgehead atoms. The minimum atomic E-state index is -0.207. The van der Waals surface area contributed by atoms with Crippen molar-refractivity contribution in [3.63, 3.8) is 0 Å². The Kier molecular flexibility index (Phi) is 6.76. The zero-order chi connectivity index (χ0) is 24.8. The van der Waals surface area contributed by atoms with Crippen LogP contribution >= 0.6 is 34.8 Å². The smallest absolute Gasteiger partial charge is 0.271 e. The molecule has 36 heavy (non-hydrogen) atoms. The first-order chi connectivity index (χ1) is 17.4. The van der Waals surface area contributed by atoms with Crippen molar-refractivity contribution in [2.75, 3.05) is 13.1 Å². The van der Waals surface area contributed by atoms with Crippen LogP contribution in [0, 0.1) is 23.7 Å². The highest BCUT2D eigenvalue weighted by molar-refractivity contribution is 6.36. The van der Waals surface area contributed by atoms with Crippen LogP contribution in [0.1, 0.15) is 42.6 Å². The number of halogens is 3. The molecule has 7 rings (SSSR count). The van der Waals surface area contributed by atoms with Gasteiger partial charge in [0.05, 0.1) is 5.02 Å². The molecule has 4 aliphatic carbocycles. The fourth-order valence-electron chi connectivity index (χ4n) is 6.91. The Labute approximate surface area is 226 Å². The Bertz CT molecular complexity index is 1240. The van der Waals surface area contributed by atoms with E-state index in [1.807, 2.05) is 22.8 Å². The van der Waals surface area contributed by atoms with E-state index in [-0.39, 0.29) is 5.91 Å². The van der Waals surface area contributed by atoms with E-state index in [0.717, 1.165) is 35.9 Å². The first-order valence-electron chi connectivity index (χ1n) is 12.8. The van der Waals surface area contributed by atoms with Gasteiger partial charge < -0.3 is 10.6 Å². The lowest BCUT2D eigenvalue weighted by atomic mass is 9.54. The van der Waals surface area contributed by atoms with E-state index in [0.29, 0.717) is 44.7 Å². The molecule has 4 aliphatic rings. The molecular formula is C28H29Cl3N4O. The van der Waals surface area contributed by atoms with Crippen LogP contribution in [0.4, 0.5) is 0 Å². The number of carbonyl (C=O) groups is 1. The minimum Gasteiger partial charge on any atom is -0.349 e. The highest BCUT2D eigenvalue weighted by Gasteiger charge is 2.47. The molecule has 0 aliphatic heterocycles. The quantitative estimate of drug-likeness (QED) is 0.328. The second-order valence-corrected chi connectivity index (χ2v) is 11.9. The van der Waals surface area contributed by atoms with E-state index in [2.05, 4.69) is 15.6 Å². The van der Waals surface area contributed by atoms with Gasteiger partial charge in [-0.1, -0.05) is 34.8 Å². The number of imidazole rings is 1. The summed E-state index contributed by atoms with van der Waals surface area (Å²) >= 11 is 18.7. The maximum atomic E-state index is 13.1. The summed E-state index contributed by atoms with van der Waals surface area (Å²) in [5.74, 6) is 3.92. The van der Waals surface area contributed by atoms with Crippen LogP contribution in [0.3, 0.4) is 0 Å². The zero-order valence-electron chi connectivity index (χ0n) is 19.9. The number of aromatic nitrogens is 2. The molecule has 188 valence electrons. The van der Waals surface area contributed by atoms with E-state index < -0.39 is 0 Å². The van der Waals surface area contributed by atoms with Crippen LogP contribution in [0.5, 0.6) is 0 Å². The third kappa shape index (κ3) is 4.79. The van der Waals surface area contributed by atoms with Crippen molar-refractivity contribution >= 4 is 40.7 Å². The van der Waals surface area contributed by atoms with Gasteiger partial charge in [0.1, 0.15) is 11.5 Å². The Morgan fingerprint density at radius 1 is 0.889 bits per heavy atom. The van der Waals surface area contributed by atoms with Crippen molar-refractivity contribution in [1.29, 1.82) is 0 Å². The average molecular weight is 544 g/mol. The summed E-state index contributed by atoms with van der Waals surface area (Å²) < 4.78 is 1.85. The van der Waals surface area contributed by atoms with Crippen molar-refractivity contribution in [3.8, 4) is 17.1 Å². The average Bonchev–Trinajstić information content (AvgIpc) is 3.28. The fourth-order valence-corrected chi connectivity index (χ4v) is 7.53. The number of hydrogen-bond donors (Lipinski definition) is 2. The van der Waals surface area contributed by atoms with Crippen LogP contribution in [-0.4, -0.2) is 34.6 Å². The summed E-state index contributed by atoms with van der Waals surface area (Å²) in [7, 11) is 0. The lowest BCUT2D eigenvalue weighted by molar-refractivity contribution is -0.0133. The molecule has 2 N–H and O–H groups in total. The Hall–Kier alpha value is -2.05. The number of amides is 1. The van der Waals surface area contributed by atoms with E-state index in [1.165, 1.54) is 32.1 Å². The predicted octanol–water partition coefficient (Wildman–Crippen LogP) is 6.64. The molecule has 0 saturated heterocycles. The Morgan fingerprint density at radius 3 is 2.22 bits per heavy atom. The molecule has 4 fully saturated rings. The summed E-state index contributed by atoms with van der Waals surface area (Å²) in [4.78, 5) is 17.7. The minimum absolute atomic E-state index is 0.207. The highest BCUT2D eigenvalue weighted by atomic mass is 35.5. The Balaban J connectivity index is 1.16. The predicted molar refractivity (Wildman–Crippen MR) is 145 cm³/mol. The number of nitrogens with one attached hydrogen (secondary N) is 2. The van der Waals surface area contributed by atoms with Crippen molar-refractivity contribution in [3.05, 3.63) is 69.4 Å². The molecular weight excluding hydrogens is 515 g/mol. The number of hydrogen-bond acceptors (Lipinski definition) is 3. The van der Waals surface area contributed by atoms with Crippen molar-refractivity contribution in [1.82, 2.24) is 20.2 Å². The molecule has 1 heterocycles. The second-order valence-electron chi connectivity index (χ2n) is 10.6. The second kappa shape index (κ2) is 10.0. The van der Waals surface area contributed by atoms with Crippen LogP contribution < -0.4 is 10.6 Å². The SMILES string of the molecule is O=C(NCCNC1C2CC3CC(C2)CC1C3)c1cn(-c2ccc(Cl)cc2)c(-c2ccc(Cl)cc2Cl)n1. The summed E-state index contributed by atoms with van der Waals surface area (Å²) in [6.45, 7) is 1.33. The molecule has 1 aromatic heterocycles. The summed E-state index contributed by atoms with van der Waals surface area (Å²) in [6.07, 6.45) is 8.74. The maximum absolute atomic E-state index is 13.1. The lowest BCUT2D eigenvalue weighted by Gasteiger charge is -2.54. The normalized spacial score (nSPS) is 26.4. The molecule has 0 spiro atoms. The van der Waals surface area contributed by atoms with E-state index in [1.54, 1.807) is 30.5 Å². The van der Waals surface area contributed by atoms with Gasteiger partial charge in [0.2, 0.25) is 0 Å². The van der Waals surface area contributed by atoms with Gasteiger partial charge in [0.25, 0.3) is 5.91 Å². The van der Waals surface area contributed by atoms with Gasteiger partial charge in [-0.2, -0.15) is 0 Å². The first kappa shape index (κ1) is 24.3. The number of benzene rings is 2. The van der Waals surface area contributed by atoms with Crippen LogP contribution in [0.2, 0.25) is 15.1 Å². The third-order valence-electron chi connectivity index (χ3n) is 8.23. The Morgan fingerprint density at radius 2 is 1.56 bits per heavy atom. The number of nitrogens with zero attached hydrogens (tertiary/aromatic N) is 2. The topological polar surface area (TPSA) is 59.0 Å². The summed E-state index contributed by atoms with van der Waals surface area (Å²) in [5, 5.41) is 8.46.